The summed E-state index contributed by atoms with van der Waals surface area (Å²) in [5.41, 5.74) is 0. The van der Waals surface area contributed by atoms with Crippen LogP contribution < -0.4 is 38.5 Å². The fourth-order valence-corrected chi connectivity index (χ4v) is 1.65. The van der Waals surface area contributed by atoms with Gasteiger partial charge in [0.05, 0.1) is 12.0 Å². The van der Waals surface area contributed by atoms with Gasteiger partial charge >= 0.3 is 29.6 Å². The molecule has 0 radical (unpaired) electrons. The molecule has 0 amide bonds. The standard InChI is InChI=1S/C7H8ClNO3S.Na.H/c1-12-6-2-4-7(5-3-6)13(10,11)9-8;;/h2-5,9H,1H3;;/q;+1;-1. The second kappa shape index (κ2) is 5.95. The van der Waals surface area contributed by atoms with Gasteiger partial charge in [-0.25, -0.2) is 8.42 Å². The molecule has 4 nitrogen and oxygen atoms in total. The Morgan fingerprint density at radius 1 is 1.36 bits per heavy atom. The molecule has 74 valence electrons. The molecule has 0 aliphatic carbocycles. The Labute approximate surface area is 112 Å². The van der Waals surface area contributed by atoms with Gasteiger partial charge in [-0.2, -0.15) is 0 Å². The Balaban J connectivity index is 0. The van der Waals surface area contributed by atoms with Gasteiger partial charge in [0.2, 0.25) is 0 Å². The van der Waals surface area contributed by atoms with Gasteiger partial charge in [0.15, 0.2) is 0 Å². The minimum absolute atomic E-state index is 0. The molecule has 0 aromatic heterocycles. The van der Waals surface area contributed by atoms with Crippen LogP contribution in [0.1, 0.15) is 1.43 Å². The number of rotatable bonds is 3. The van der Waals surface area contributed by atoms with Crippen molar-refractivity contribution in [2.45, 2.75) is 4.90 Å². The van der Waals surface area contributed by atoms with Gasteiger partial charge in [-0.15, -0.1) is 4.24 Å². The molecule has 7 heteroatoms. The van der Waals surface area contributed by atoms with Crippen LogP contribution in [0.4, 0.5) is 0 Å². The van der Waals surface area contributed by atoms with Crippen molar-refractivity contribution in [3.8, 4) is 5.75 Å². The molecule has 14 heavy (non-hydrogen) atoms. The average molecular weight is 246 g/mol. The number of hydrogen-bond donors (Lipinski definition) is 1. The first-order valence-electron chi connectivity index (χ1n) is 3.36. The summed E-state index contributed by atoms with van der Waals surface area (Å²) in [5.74, 6) is 0.591. The molecule has 0 aliphatic rings. The maximum Gasteiger partial charge on any atom is 1.00 e. The fourth-order valence-electron chi connectivity index (χ4n) is 0.799. The maximum absolute atomic E-state index is 11.1. The van der Waals surface area contributed by atoms with Crippen molar-refractivity contribution < 1.29 is 44.1 Å². The summed E-state index contributed by atoms with van der Waals surface area (Å²) in [6.45, 7) is 0. The zero-order valence-electron chi connectivity index (χ0n) is 8.82. The summed E-state index contributed by atoms with van der Waals surface area (Å²) in [6, 6.07) is 5.90. The van der Waals surface area contributed by atoms with Crippen LogP contribution in [-0.4, -0.2) is 15.5 Å². The third kappa shape index (κ3) is 3.42. The van der Waals surface area contributed by atoms with E-state index < -0.39 is 10.0 Å². The van der Waals surface area contributed by atoms with Gasteiger partial charge in [-0.05, 0) is 36.0 Å². The van der Waals surface area contributed by atoms with Crippen molar-refractivity contribution in [1.82, 2.24) is 4.24 Å². The molecule has 1 aromatic carbocycles. The van der Waals surface area contributed by atoms with Crippen molar-refractivity contribution in [1.29, 1.82) is 0 Å². The molecule has 0 unspecified atom stereocenters. The van der Waals surface area contributed by atoms with E-state index in [4.69, 9.17) is 16.5 Å². The van der Waals surface area contributed by atoms with Crippen LogP contribution in [0.3, 0.4) is 0 Å². The molecule has 0 bridgehead atoms. The van der Waals surface area contributed by atoms with Gasteiger partial charge in [-0.1, -0.05) is 0 Å². The van der Waals surface area contributed by atoms with E-state index in [0.29, 0.717) is 5.75 Å². The van der Waals surface area contributed by atoms with E-state index >= 15 is 0 Å². The average Bonchev–Trinajstić information content (AvgIpc) is 2.18. The van der Waals surface area contributed by atoms with Crippen LogP contribution in [0, 0.1) is 0 Å². The number of hydrogen-bond acceptors (Lipinski definition) is 3. The molecule has 1 N–H and O–H groups in total. The minimum Gasteiger partial charge on any atom is -1.00 e. The van der Waals surface area contributed by atoms with Gasteiger partial charge in [-0.3, -0.25) is 0 Å². The second-order valence-electron chi connectivity index (χ2n) is 2.26. The van der Waals surface area contributed by atoms with Crippen LogP contribution in [0.5, 0.6) is 5.75 Å². The molecule has 1 aromatic rings. The van der Waals surface area contributed by atoms with E-state index in [2.05, 4.69) is 0 Å². The van der Waals surface area contributed by atoms with E-state index in [-0.39, 0.29) is 35.9 Å². The third-order valence-corrected chi connectivity index (χ3v) is 3.18. The number of ether oxygens (including phenoxy) is 1. The fraction of sp³-hybridized carbons (Fsp3) is 0.143. The van der Waals surface area contributed by atoms with Gasteiger partial charge in [0.25, 0.3) is 10.0 Å². The SMILES string of the molecule is COc1ccc(S(=O)(=O)NCl)cc1.[H-].[Na+]. The third-order valence-electron chi connectivity index (χ3n) is 1.47. The number of benzene rings is 1. The van der Waals surface area contributed by atoms with Gasteiger partial charge in [0.1, 0.15) is 5.75 Å². The summed E-state index contributed by atoms with van der Waals surface area (Å²) in [7, 11) is -2.06. The normalized spacial score (nSPS) is 10.4. The molecule has 0 saturated carbocycles. The number of methoxy groups -OCH3 is 1. The Morgan fingerprint density at radius 3 is 2.21 bits per heavy atom. The first kappa shape index (κ1) is 14.2. The zero-order valence-corrected chi connectivity index (χ0v) is 11.4. The number of halogens is 1. The Hall–Kier alpha value is 0.220. The maximum atomic E-state index is 11.1. The molecule has 0 spiro atoms. The number of nitrogens with one attached hydrogen (secondary N) is 1. The molecule has 0 heterocycles. The molecule has 0 saturated heterocycles. The summed E-state index contributed by atoms with van der Waals surface area (Å²) >= 11 is 5.03. The summed E-state index contributed by atoms with van der Waals surface area (Å²) in [6.07, 6.45) is 0. The van der Waals surface area contributed by atoms with E-state index in [1.54, 1.807) is 16.4 Å². The van der Waals surface area contributed by atoms with Crippen LogP contribution >= 0.6 is 11.8 Å². The Morgan fingerprint density at radius 2 is 1.86 bits per heavy atom. The van der Waals surface area contributed by atoms with Gasteiger partial charge < -0.3 is 6.16 Å². The van der Waals surface area contributed by atoms with Crippen molar-refractivity contribution in [3.05, 3.63) is 24.3 Å². The predicted molar refractivity (Wildman–Crippen MR) is 50.3 cm³/mol. The number of sulfonamides is 1. The molecular weight excluding hydrogens is 237 g/mol. The molecule has 0 aliphatic heterocycles. The van der Waals surface area contributed by atoms with Gasteiger partial charge in [0, 0.05) is 0 Å². The second-order valence-corrected chi connectivity index (χ2v) is 4.35. The molecule has 1 rings (SSSR count). The van der Waals surface area contributed by atoms with Crippen LogP contribution in [0.25, 0.3) is 0 Å². The molecular formula is C7H9ClNNaO3S. The summed E-state index contributed by atoms with van der Waals surface area (Å²) in [5, 5.41) is 0. The molecule has 0 fully saturated rings. The van der Waals surface area contributed by atoms with E-state index in [1.165, 1.54) is 19.2 Å². The topological polar surface area (TPSA) is 55.4 Å². The van der Waals surface area contributed by atoms with Crippen molar-refractivity contribution >= 4 is 21.8 Å². The van der Waals surface area contributed by atoms with Crippen LogP contribution in [0.15, 0.2) is 29.2 Å². The first-order valence-corrected chi connectivity index (χ1v) is 5.23. The van der Waals surface area contributed by atoms with Crippen molar-refractivity contribution in [3.63, 3.8) is 0 Å². The first-order chi connectivity index (χ1) is 6.10. The Bertz CT molecular complexity index is 384. The largest absolute Gasteiger partial charge is 1.00 e. The van der Waals surface area contributed by atoms with E-state index in [1.807, 2.05) is 0 Å². The van der Waals surface area contributed by atoms with E-state index in [9.17, 15) is 8.42 Å². The molecule has 0 atom stereocenters. The minimum atomic E-state index is -3.56. The summed E-state index contributed by atoms with van der Waals surface area (Å²) < 4.78 is 28.8. The monoisotopic (exact) mass is 245 g/mol. The zero-order chi connectivity index (χ0) is 9.90. The Kier molecular flexibility index (Phi) is 6.04. The van der Waals surface area contributed by atoms with Crippen LogP contribution in [0.2, 0.25) is 0 Å². The van der Waals surface area contributed by atoms with Crippen molar-refractivity contribution in [2.24, 2.45) is 0 Å². The quantitative estimate of drug-likeness (QED) is 0.507. The predicted octanol–water partition coefficient (Wildman–Crippen LogP) is -1.76. The van der Waals surface area contributed by atoms with E-state index in [0.717, 1.165) is 0 Å². The summed E-state index contributed by atoms with van der Waals surface area (Å²) in [4.78, 5) is 0.100. The van der Waals surface area contributed by atoms with Crippen molar-refractivity contribution in [2.75, 3.05) is 7.11 Å². The van der Waals surface area contributed by atoms with Crippen LogP contribution in [-0.2, 0) is 10.0 Å². The smallest absolute Gasteiger partial charge is 1.00 e.